The maximum atomic E-state index is 13.0. The fourth-order valence-electron chi connectivity index (χ4n) is 2.93. The van der Waals surface area contributed by atoms with E-state index in [0.717, 1.165) is 12.0 Å². The van der Waals surface area contributed by atoms with Gasteiger partial charge in [0, 0.05) is 12.6 Å². The number of carbonyl (C=O) groups is 1. The number of aryl methyl sites for hydroxylation is 1. The largest absolute Gasteiger partial charge is 0.352 e. The van der Waals surface area contributed by atoms with Crippen LogP contribution in [0.3, 0.4) is 0 Å². The summed E-state index contributed by atoms with van der Waals surface area (Å²) in [5.74, 6) is -0.229. The molecule has 142 valence electrons. The first-order chi connectivity index (χ1) is 13.0. The smallest absolute Gasteiger partial charge is 0.332 e. The van der Waals surface area contributed by atoms with Crippen LogP contribution in [0, 0.1) is 0 Å². The summed E-state index contributed by atoms with van der Waals surface area (Å²) in [6.45, 7) is 4.09. The zero-order chi connectivity index (χ0) is 19.4. The molecule has 27 heavy (non-hydrogen) atoms. The molecule has 0 unspecified atom stereocenters. The molecule has 0 saturated heterocycles. The number of thiophene rings is 1. The molecule has 0 aliphatic heterocycles. The van der Waals surface area contributed by atoms with E-state index < -0.39 is 5.69 Å². The zero-order valence-electron chi connectivity index (χ0n) is 15.5. The predicted octanol–water partition coefficient (Wildman–Crippen LogP) is 2.38. The van der Waals surface area contributed by atoms with Gasteiger partial charge in [0.25, 0.3) is 5.56 Å². The topological polar surface area (TPSA) is 73.1 Å². The molecule has 0 aliphatic rings. The van der Waals surface area contributed by atoms with E-state index in [0.29, 0.717) is 16.6 Å². The minimum Gasteiger partial charge on any atom is -0.352 e. The van der Waals surface area contributed by atoms with Gasteiger partial charge >= 0.3 is 5.69 Å². The molecule has 0 bridgehead atoms. The Hall–Kier alpha value is -2.67. The van der Waals surface area contributed by atoms with Crippen LogP contribution in [0.2, 0.25) is 0 Å². The van der Waals surface area contributed by atoms with Crippen LogP contribution >= 0.6 is 11.3 Å². The number of nitrogens with one attached hydrogen (secondary N) is 1. The Balaban J connectivity index is 1.96. The lowest BCUT2D eigenvalue weighted by Gasteiger charge is -2.14. The van der Waals surface area contributed by atoms with Crippen LogP contribution in [0.15, 0.2) is 51.4 Å². The van der Waals surface area contributed by atoms with Gasteiger partial charge in [-0.05, 0) is 36.8 Å². The van der Waals surface area contributed by atoms with Crippen LogP contribution in [-0.4, -0.2) is 21.1 Å². The summed E-state index contributed by atoms with van der Waals surface area (Å²) in [5, 5.41) is 4.65. The van der Waals surface area contributed by atoms with E-state index in [1.165, 1.54) is 20.5 Å². The average Bonchev–Trinajstić information content (AvgIpc) is 3.15. The van der Waals surface area contributed by atoms with E-state index in [-0.39, 0.29) is 30.6 Å². The predicted molar refractivity (Wildman–Crippen MR) is 108 cm³/mol. The summed E-state index contributed by atoms with van der Waals surface area (Å²) in [5.41, 5.74) is 0.835. The molecule has 0 fully saturated rings. The van der Waals surface area contributed by atoms with Crippen molar-refractivity contribution in [3.8, 4) is 0 Å². The molecular weight excluding hydrogens is 362 g/mol. The minimum atomic E-state index is -0.443. The molecule has 7 heteroatoms. The second-order valence-electron chi connectivity index (χ2n) is 6.57. The Bertz CT molecular complexity index is 1050. The Kier molecular flexibility index (Phi) is 5.91. The van der Waals surface area contributed by atoms with Crippen molar-refractivity contribution >= 4 is 27.5 Å². The maximum absolute atomic E-state index is 13.0. The number of hydrogen-bond acceptors (Lipinski definition) is 4. The van der Waals surface area contributed by atoms with Crippen molar-refractivity contribution in [1.29, 1.82) is 0 Å². The fraction of sp³-hybridized carbons (Fsp3) is 0.350. The van der Waals surface area contributed by atoms with Gasteiger partial charge in [-0.25, -0.2) is 4.79 Å². The van der Waals surface area contributed by atoms with Gasteiger partial charge in [0.2, 0.25) is 5.91 Å². The molecule has 2 aromatic heterocycles. The molecular formula is C20H23N3O3S. The van der Waals surface area contributed by atoms with Gasteiger partial charge in [0.05, 0.1) is 5.52 Å². The highest BCUT2D eigenvalue weighted by Gasteiger charge is 2.17. The summed E-state index contributed by atoms with van der Waals surface area (Å²) < 4.78 is 3.14. The van der Waals surface area contributed by atoms with Crippen molar-refractivity contribution in [3.05, 3.63) is 68.2 Å². The second-order valence-corrected chi connectivity index (χ2v) is 7.49. The Morgan fingerprint density at radius 2 is 1.89 bits per heavy atom. The molecule has 1 atom stereocenters. The molecule has 6 nitrogen and oxygen atoms in total. The van der Waals surface area contributed by atoms with Gasteiger partial charge < -0.3 is 5.32 Å². The molecule has 0 radical (unpaired) electrons. The Morgan fingerprint density at radius 1 is 1.15 bits per heavy atom. The van der Waals surface area contributed by atoms with Crippen LogP contribution < -0.4 is 16.6 Å². The zero-order valence-corrected chi connectivity index (χ0v) is 16.3. The lowest BCUT2D eigenvalue weighted by molar-refractivity contribution is -0.122. The van der Waals surface area contributed by atoms with E-state index in [1.54, 1.807) is 11.4 Å². The molecule has 2 heterocycles. The molecule has 3 rings (SSSR count). The van der Waals surface area contributed by atoms with Crippen molar-refractivity contribution in [1.82, 2.24) is 14.5 Å². The highest BCUT2D eigenvalue weighted by atomic mass is 32.1. The number of aromatic nitrogens is 2. The lowest BCUT2D eigenvalue weighted by atomic mass is 10.1. The Morgan fingerprint density at radius 3 is 2.59 bits per heavy atom. The highest BCUT2D eigenvalue weighted by Crippen LogP contribution is 2.15. The molecule has 3 aromatic rings. The van der Waals surface area contributed by atoms with Gasteiger partial charge in [-0.2, -0.15) is 0 Å². The number of nitrogens with zero attached hydrogens (tertiary/aromatic N) is 2. The monoisotopic (exact) mass is 385 g/mol. The molecule has 0 spiro atoms. The average molecular weight is 385 g/mol. The van der Waals surface area contributed by atoms with Gasteiger partial charge in [-0.3, -0.25) is 18.7 Å². The number of carbonyl (C=O) groups excluding carboxylic acids is 1. The first-order valence-corrected chi connectivity index (χ1v) is 9.93. The second kappa shape index (κ2) is 8.35. The number of hydrogen-bond donors (Lipinski definition) is 1. The first-order valence-electron chi connectivity index (χ1n) is 9.05. The number of rotatable bonds is 7. The normalized spacial score (nSPS) is 12.2. The summed E-state index contributed by atoms with van der Waals surface area (Å²) in [6, 6.07) is 11.5. The maximum Gasteiger partial charge on any atom is 0.332 e. The van der Waals surface area contributed by atoms with Crippen molar-refractivity contribution in [3.63, 3.8) is 0 Å². The summed E-state index contributed by atoms with van der Waals surface area (Å²) in [4.78, 5) is 38.0. The van der Waals surface area contributed by atoms with Crippen molar-refractivity contribution < 1.29 is 4.79 Å². The van der Waals surface area contributed by atoms with Crippen LogP contribution in [-0.2, 0) is 24.3 Å². The number of benzene rings is 1. The molecule has 1 aromatic carbocycles. The van der Waals surface area contributed by atoms with Crippen molar-refractivity contribution in [2.45, 2.75) is 45.8 Å². The summed E-state index contributed by atoms with van der Waals surface area (Å²) in [7, 11) is 0. The van der Waals surface area contributed by atoms with Crippen LogP contribution in [0.1, 0.15) is 25.8 Å². The van der Waals surface area contributed by atoms with Crippen LogP contribution in [0.25, 0.3) is 10.2 Å². The summed E-state index contributed by atoms with van der Waals surface area (Å²) in [6.07, 6.45) is 1.39. The lowest BCUT2D eigenvalue weighted by Crippen LogP contribution is -2.43. The third kappa shape index (κ3) is 4.19. The van der Waals surface area contributed by atoms with Crippen LogP contribution in [0.4, 0.5) is 0 Å². The van der Waals surface area contributed by atoms with Gasteiger partial charge in [-0.1, -0.05) is 37.3 Å². The minimum absolute atomic E-state index is 0.0372. The quantitative estimate of drug-likeness (QED) is 0.679. The standard InChI is InChI=1S/C20H23N3O3S/c1-3-14(2)21-17(24)13-23-16-10-12-27-18(16)19(25)22(20(23)26)11-9-15-7-5-4-6-8-15/h4-8,10,12,14H,3,9,11,13H2,1-2H3,(H,21,24)/t14-/m0/s1. The van der Waals surface area contributed by atoms with Crippen LogP contribution in [0.5, 0.6) is 0 Å². The van der Waals surface area contributed by atoms with Gasteiger partial charge in [0.15, 0.2) is 0 Å². The van der Waals surface area contributed by atoms with Crippen molar-refractivity contribution in [2.24, 2.45) is 0 Å². The molecule has 1 amide bonds. The third-order valence-corrected chi connectivity index (χ3v) is 5.52. The van der Waals surface area contributed by atoms with E-state index in [1.807, 2.05) is 44.2 Å². The first kappa shape index (κ1) is 19.1. The summed E-state index contributed by atoms with van der Waals surface area (Å²) >= 11 is 1.29. The molecule has 0 saturated carbocycles. The SMILES string of the molecule is CC[C@H](C)NC(=O)Cn1c(=O)n(CCc2ccccc2)c(=O)c2sccc21. The van der Waals surface area contributed by atoms with E-state index in [2.05, 4.69) is 5.32 Å². The van der Waals surface area contributed by atoms with E-state index in [9.17, 15) is 14.4 Å². The van der Waals surface area contributed by atoms with Gasteiger partial charge in [-0.15, -0.1) is 11.3 Å². The van der Waals surface area contributed by atoms with Crippen molar-refractivity contribution in [2.75, 3.05) is 0 Å². The van der Waals surface area contributed by atoms with Gasteiger partial charge in [0.1, 0.15) is 11.2 Å². The molecule has 0 aliphatic carbocycles. The number of amides is 1. The Labute approximate surface area is 161 Å². The van der Waals surface area contributed by atoms with E-state index in [4.69, 9.17) is 0 Å². The fourth-order valence-corrected chi connectivity index (χ4v) is 3.78. The van der Waals surface area contributed by atoms with E-state index >= 15 is 0 Å². The highest BCUT2D eigenvalue weighted by molar-refractivity contribution is 7.17. The molecule has 1 N–H and O–H groups in total. The third-order valence-electron chi connectivity index (χ3n) is 4.62. The number of fused-ring (bicyclic) bond motifs is 1.